The first kappa shape index (κ1) is 7.94. The molecule has 0 aliphatic heterocycles. The van der Waals surface area contributed by atoms with Crippen LogP contribution in [0.15, 0.2) is 0 Å². The minimum absolute atomic E-state index is 0.105. The lowest BCUT2D eigenvalue weighted by atomic mass is 10.1. The predicted octanol–water partition coefficient (Wildman–Crippen LogP) is -1.95. The summed E-state index contributed by atoms with van der Waals surface area (Å²) in [5.74, 6) is -0.245. The van der Waals surface area contributed by atoms with Crippen LogP contribution in [0.25, 0.3) is 0 Å². The van der Waals surface area contributed by atoms with Gasteiger partial charge in [-0.15, -0.1) is 0 Å². The van der Waals surface area contributed by atoms with E-state index in [9.17, 15) is 0 Å². The number of aliphatic hydroxyl groups excluding tert-OH is 3. The Bertz CT molecular complexity index is 120. The second kappa shape index (κ2) is 2.84. The Morgan fingerprint density at radius 2 is 1.90 bits per heavy atom. The fraction of sp³-hybridized carbons (Fsp3) is 1.00. The molecule has 0 amide bonds. The lowest BCUT2D eigenvalue weighted by Gasteiger charge is -2.13. The molecule has 5 N–H and O–H groups in total. The van der Waals surface area contributed by atoms with Gasteiger partial charge in [0.25, 0.3) is 0 Å². The molecule has 60 valence electrons. The van der Waals surface area contributed by atoms with Crippen LogP contribution in [0.1, 0.15) is 6.42 Å². The summed E-state index contributed by atoms with van der Waals surface area (Å²) >= 11 is 0. The normalized spacial score (nSPS) is 48.0. The van der Waals surface area contributed by atoms with Crippen molar-refractivity contribution in [2.45, 2.75) is 24.7 Å². The van der Waals surface area contributed by atoms with E-state index in [0.29, 0.717) is 6.42 Å². The first-order valence-electron chi connectivity index (χ1n) is 3.39. The smallest absolute Gasteiger partial charge is 0.0953 e. The third-order valence-electron chi connectivity index (χ3n) is 2.08. The van der Waals surface area contributed by atoms with Crippen molar-refractivity contribution < 1.29 is 15.3 Å². The summed E-state index contributed by atoms with van der Waals surface area (Å²) in [5.41, 5.74) is 5.41. The molecule has 0 aromatic carbocycles. The van der Waals surface area contributed by atoms with E-state index >= 15 is 0 Å². The van der Waals surface area contributed by atoms with Crippen molar-refractivity contribution in [2.75, 3.05) is 6.61 Å². The van der Waals surface area contributed by atoms with E-state index in [1.165, 1.54) is 0 Å². The standard InChI is InChI=1S/C6H13NO3/c7-4-1-3(2-8)5(9)6(4)10/h3-6,8-10H,1-2,7H2/t3-,4+,5-,6-/m0/s1. The first-order valence-corrected chi connectivity index (χ1v) is 3.39. The molecule has 0 bridgehead atoms. The van der Waals surface area contributed by atoms with Gasteiger partial charge in [0.2, 0.25) is 0 Å². The highest BCUT2D eigenvalue weighted by molar-refractivity contribution is 4.92. The molecule has 0 heterocycles. The van der Waals surface area contributed by atoms with Gasteiger partial charge in [0.15, 0.2) is 0 Å². The number of rotatable bonds is 1. The van der Waals surface area contributed by atoms with E-state index in [1.807, 2.05) is 0 Å². The highest BCUT2D eigenvalue weighted by atomic mass is 16.3. The molecule has 0 aromatic heterocycles. The molecule has 0 saturated heterocycles. The molecule has 0 aromatic rings. The van der Waals surface area contributed by atoms with Gasteiger partial charge >= 0.3 is 0 Å². The van der Waals surface area contributed by atoms with E-state index in [0.717, 1.165) is 0 Å². The molecular weight excluding hydrogens is 134 g/mol. The van der Waals surface area contributed by atoms with Crippen LogP contribution in [0.4, 0.5) is 0 Å². The summed E-state index contributed by atoms with van der Waals surface area (Å²) in [5, 5.41) is 26.9. The molecule has 4 atom stereocenters. The molecular formula is C6H13NO3. The average molecular weight is 147 g/mol. The summed E-state index contributed by atoms with van der Waals surface area (Å²) in [6, 6.07) is -0.382. The SMILES string of the molecule is N[C@@H]1C[C@@H](CO)[C@H](O)[C@H]1O. The van der Waals surface area contributed by atoms with Crippen molar-refractivity contribution in [3.8, 4) is 0 Å². The van der Waals surface area contributed by atoms with Crippen molar-refractivity contribution in [1.82, 2.24) is 0 Å². The van der Waals surface area contributed by atoms with Gasteiger partial charge in [-0.25, -0.2) is 0 Å². The van der Waals surface area contributed by atoms with Crippen LogP contribution in [-0.2, 0) is 0 Å². The van der Waals surface area contributed by atoms with Gasteiger partial charge in [-0.1, -0.05) is 0 Å². The van der Waals surface area contributed by atoms with Gasteiger partial charge in [0.1, 0.15) is 0 Å². The fourth-order valence-electron chi connectivity index (χ4n) is 1.34. The molecule has 1 saturated carbocycles. The number of aliphatic hydroxyl groups is 3. The van der Waals surface area contributed by atoms with Gasteiger partial charge in [0, 0.05) is 18.6 Å². The van der Waals surface area contributed by atoms with Crippen LogP contribution in [0, 0.1) is 5.92 Å². The minimum atomic E-state index is -0.864. The van der Waals surface area contributed by atoms with Gasteiger partial charge < -0.3 is 21.1 Å². The maximum atomic E-state index is 9.14. The third-order valence-corrected chi connectivity index (χ3v) is 2.08. The fourth-order valence-corrected chi connectivity index (χ4v) is 1.34. The molecule has 4 heteroatoms. The minimum Gasteiger partial charge on any atom is -0.396 e. The Morgan fingerprint density at radius 1 is 1.30 bits per heavy atom. The number of nitrogens with two attached hydrogens (primary N) is 1. The molecule has 10 heavy (non-hydrogen) atoms. The lowest BCUT2D eigenvalue weighted by Crippen LogP contribution is -2.35. The topological polar surface area (TPSA) is 86.7 Å². The molecule has 1 aliphatic carbocycles. The molecule has 0 unspecified atom stereocenters. The van der Waals surface area contributed by atoms with Crippen molar-refractivity contribution in [3.05, 3.63) is 0 Å². The highest BCUT2D eigenvalue weighted by Crippen LogP contribution is 2.24. The summed E-state index contributed by atoms with van der Waals surface area (Å²) in [4.78, 5) is 0. The van der Waals surface area contributed by atoms with Crippen molar-refractivity contribution in [1.29, 1.82) is 0 Å². The summed E-state index contributed by atoms with van der Waals surface area (Å²) < 4.78 is 0. The zero-order valence-electron chi connectivity index (χ0n) is 5.64. The van der Waals surface area contributed by atoms with Crippen LogP contribution < -0.4 is 5.73 Å². The largest absolute Gasteiger partial charge is 0.396 e. The van der Waals surface area contributed by atoms with Crippen LogP contribution in [-0.4, -0.2) is 40.2 Å². The molecule has 1 aliphatic rings. The summed E-state index contributed by atoms with van der Waals surface area (Å²) in [7, 11) is 0. The zero-order valence-corrected chi connectivity index (χ0v) is 5.64. The Morgan fingerprint density at radius 3 is 2.10 bits per heavy atom. The van der Waals surface area contributed by atoms with Gasteiger partial charge in [-0.3, -0.25) is 0 Å². The van der Waals surface area contributed by atoms with Crippen LogP contribution in [0.3, 0.4) is 0 Å². The summed E-state index contributed by atoms with van der Waals surface area (Å²) in [6.45, 7) is -0.105. The highest BCUT2D eigenvalue weighted by Gasteiger charge is 2.38. The zero-order chi connectivity index (χ0) is 7.72. The number of hydrogen-bond acceptors (Lipinski definition) is 4. The third kappa shape index (κ3) is 1.15. The molecule has 1 fully saturated rings. The van der Waals surface area contributed by atoms with Gasteiger partial charge in [-0.05, 0) is 6.42 Å². The first-order chi connectivity index (χ1) is 4.66. The van der Waals surface area contributed by atoms with Crippen molar-refractivity contribution in [3.63, 3.8) is 0 Å². The Balaban J connectivity index is 2.53. The predicted molar refractivity (Wildman–Crippen MR) is 35.2 cm³/mol. The number of hydrogen-bond donors (Lipinski definition) is 4. The molecule has 4 nitrogen and oxygen atoms in total. The van der Waals surface area contributed by atoms with Crippen molar-refractivity contribution in [2.24, 2.45) is 11.7 Å². The lowest BCUT2D eigenvalue weighted by molar-refractivity contribution is 0.00300. The van der Waals surface area contributed by atoms with E-state index in [2.05, 4.69) is 0 Å². The van der Waals surface area contributed by atoms with E-state index in [4.69, 9.17) is 21.1 Å². The van der Waals surface area contributed by atoms with Gasteiger partial charge in [0.05, 0.1) is 12.2 Å². The quantitative estimate of drug-likeness (QED) is 0.347. The molecule has 0 radical (unpaired) electrons. The van der Waals surface area contributed by atoms with Crippen LogP contribution >= 0.6 is 0 Å². The Kier molecular flexibility index (Phi) is 2.25. The van der Waals surface area contributed by atoms with E-state index in [1.54, 1.807) is 0 Å². The van der Waals surface area contributed by atoms with Gasteiger partial charge in [-0.2, -0.15) is 0 Å². The molecule has 0 spiro atoms. The summed E-state index contributed by atoms with van der Waals surface area (Å²) in [6.07, 6.45) is -1.21. The molecule has 1 rings (SSSR count). The van der Waals surface area contributed by atoms with Crippen molar-refractivity contribution >= 4 is 0 Å². The van der Waals surface area contributed by atoms with E-state index < -0.39 is 12.2 Å². The maximum absolute atomic E-state index is 9.14. The van der Waals surface area contributed by atoms with E-state index in [-0.39, 0.29) is 18.6 Å². The Labute approximate surface area is 59.3 Å². The van der Waals surface area contributed by atoms with Crippen LogP contribution in [0.5, 0.6) is 0 Å². The second-order valence-corrected chi connectivity index (χ2v) is 2.82. The monoisotopic (exact) mass is 147 g/mol. The average Bonchev–Trinajstić information content (AvgIpc) is 2.17. The maximum Gasteiger partial charge on any atom is 0.0953 e. The van der Waals surface area contributed by atoms with Crippen LogP contribution in [0.2, 0.25) is 0 Å². The Hall–Kier alpha value is -0.160. The second-order valence-electron chi connectivity index (χ2n) is 2.82.